The van der Waals surface area contributed by atoms with Crippen molar-refractivity contribution in [3.05, 3.63) is 17.4 Å². The molecule has 0 unspecified atom stereocenters. The zero-order chi connectivity index (χ0) is 14.7. The second-order valence-electron chi connectivity index (χ2n) is 3.69. The minimum atomic E-state index is 0.00402. The predicted octanol–water partition coefficient (Wildman–Crippen LogP) is 1.80. The number of hydrogen-bond acceptors (Lipinski definition) is 7. The van der Waals surface area contributed by atoms with Crippen LogP contribution in [0.4, 0.5) is 5.95 Å². The van der Waals surface area contributed by atoms with Crippen LogP contribution in [0.15, 0.2) is 12.1 Å². The topological polar surface area (TPSA) is 92.4 Å². The SMILES string of the molecule is COc1cc(OC)c(-c2nc(N)nc(Cl)n2)cc1OC. The van der Waals surface area contributed by atoms with E-state index in [0.717, 1.165) is 0 Å². The summed E-state index contributed by atoms with van der Waals surface area (Å²) in [6.07, 6.45) is 0. The molecule has 1 heterocycles. The number of nitrogen functional groups attached to an aromatic ring is 1. The summed E-state index contributed by atoms with van der Waals surface area (Å²) in [4.78, 5) is 11.8. The predicted molar refractivity (Wildman–Crippen MR) is 74.3 cm³/mol. The van der Waals surface area contributed by atoms with E-state index < -0.39 is 0 Å². The number of rotatable bonds is 4. The zero-order valence-corrected chi connectivity index (χ0v) is 11.9. The summed E-state index contributed by atoms with van der Waals surface area (Å²) >= 11 is 5.79. The lowest BCUT2D eigenvalue weighted by Crippen LogP contribution is -2.02. The van der Waals surface area contributed by atoms with Crippen molar-refractivity contribution in [2.75, 3.05) is 27.1 Å². The first kappa shape index (κ1) is 14.1. The molecule has 0 radical (unpaired) electrons. The van der Waals surface area contributed by atoms with E-state index in [1.165, 1.54) is 21.3 Å². The molecule has 0 aliphatic carbocycles. The number of methoxy groups -OCH3 is 3. The molecule has 0 saturated heterocycles. The number of aromatic nitrogens is 3. The maximum absolute atomic E-state index is 5.79. The van der Waals surface area contributed by atoms with Gasteiger partial charge in [0, 0.05) is 6.07 Å². The lowest BCUT2D eigenvalue weighted by atomic mass is 10.1. The number of halogens is 1. The van der Waals surface area contributed by atoms with Crippen molar-refractivity contribution < 1.29 is 14.2 Å². The van der Waals surface area contributed by atoms with Crippen LogP contribution in [0.5, 0.6) is 17.2 Å². The van der Waals surface area contributed by atoms with Gasteiger partial charge in [0.2, 0.25) is 11.2 Å². The maximum atomic E-state index is 5.79. The van der Waals surface area contributed by atoms with Crippen LogP contribution in [0.25, 0.3) is 11.4 Å². The maximum Gasteiger partial charge on any atom is 0.227 e. The highest BCUT2D eigenvalue weighted by Gasteiger charge is 2.16. The highest BCUT2D eigenvalue weighted by Crippen LogP contribution is 2.39. The fraction of sp³-hybridized carbons (Fsp3) is 0.250. The summed E-state index contributed by atoms with van der Waals surface area (Å²) in [5, 5.41) is 0.00402. The van der Waals surface area contributed by atoms with Crippen LogP contribution in [-0.4, -0.2) is 36.3 Å². The fourth-order valence-electron chi connectivity index (χ4n) is 1.69. The average molecular weight is 297 g/mol. The Morgan fingerprint density at radius 3 is 2.05 bits per heavy atom. The highest BCUT2D eigenvalue weighted by atomic mass is 35.5. The Bertz CT molecular complexity index is 616. The van der Waals surface area contributed by atoms with Gasteiger partial charge in [-0.1, -0.05) is 0 Å². The van der Waals surface area contributed by atoms with Gasteiger partial charge in [0.1, 0.15) is 5.75 Å². The van der Waals surface area contributed by atoms with Gasteiger partial charge in [-0.3, -0.25) is 0 Å². The van der Waals surface area contributed by atoms with Crippen LogP contribution in [0, 0.1) is 0 Å². The quantitative estimate of drug-likeness (QED) is 0.919. The third-order valence-electron chi connectivity index (χ3n) is 2.57. The molecule has 0 saturated carbocycles. The molecule has 0 fully saturated rings. The van der Waals surface area contributed by atoms with Gasteiger partial charge in [0.25, 0.3) is 0 Å². The number of ether oxygens (including phenoxy) is 3. The largest absolute Gasteiger partial charge is 0.496 e. The first-order valence-electron chi connectivity index (χ1n) is 5.56. The van der Waals surface area contributed by atoms with Gasteiger partial charge < -0.3 is 19.9 Å². The number of hydrogen-bond donors (Lipinski definition) is 1. The van der Waals surface area contributed by atoms with E-state index in [4.69, 9.17) is 31.5 Å². The first-order valence-corrected chi connectivity index (χ1v) is 5.94. The zero-order valence-electron chi connectivity index (χ0n) is 11.2. The van der Waals surface area contributed by atoms with Crippen LogP contribution < -0.4 is 19.9 Å². The molecule has 1 aromatic heterocycles. The molecule has 0 bridgehead atoms. The van der Waals surface area contributed by atoms with E-state index in [1.54, 1.807) is 12.1 Å². The lowest BCUT2D eigenvalue weighted by Gasteiger charge is -2.13. The molecule has 0 aliphatic rings. The Labute approximate surface area is 120 Å². The second kappa shape index (κ2) is 5.79. The third-order valence-corrected chi connectivity index (χ3v) is 2.74. The number of nitrogens with zero attached hydrogens (tertiary/aromatic N) is 3. The van der Waals surface area contributed by atoms with Crippen LogP contribution in [-0.2, 0) is 0 Å². The van der Waals surface area contributed by atoms with Gasteiger partial charge in [0.05, 0.1) is 26.9 Å². The summed E-state index contributed by atoms with van der Waals surface area (Å²) < 4.78 is 15.8. The van der Waals surface area contributed by atoms with Crippen LogP contribution in [0.1, 0.15) is 0 Å². The second-order valence-corrected chi connectivity index (χ2v) is 4.03. The molecule has 0 atom stereocenters. The summed E-state index contributed by atoms with van der Waals surface area (Å²) in [6.45, 7) is 0. The summed E-state index contributed by atoms with van der Waals surface area (Å²) in [5.74, 6) is 1.86. The van der Waals surface area contributed by atoms with E-state index in [9.17, 15) is 0 Å². The Morgan fingerprint density at radius 1 is 0.900 bits per heavy atom. The Kier molecular flexibility index (Phi) is 4.09. The van der Waals surface area contributed by atoms with Crippen LogP contribution in [0.2, 0.25) is 5.28 Å². The third kappa shape index (κ3) is 2.67. The molecular formula is C12H13ClN4O3. The standard InChI is InChI=1S/C12H13ClN4O3/c1-18-7-5-9(20-3)8(19-2)4-6(7)10-15-11(13)17-12(14)16-10/h4-5H,1-3H3,(H2,14,15,16,17). The minimum absolute atomic E-state index is 0.00402. The Morgan fingerprint density at radius 2 is 1.50 bits per heavy atom. The van der Waals surface area contributed by atoms with Crippen molar-refractivity contribution in [3.8, 4) is 28.6 Å². The molecule has 2 aromatic rings. The van der Waals surface area contributed by atoms with Gasteiger partial charge in [-0.25, -0.2) is 0 Å². The minimum Gasteiger partial charge on any atom is -0.496 e. The van der Waals surface area contributed by atoms with Crippen LogP contribution in [0.3, 0.4) is 0 Å². The Balaban J connectivity index is 2.65. The van der Waals surface area contributed by atoms with Crippen molar-refractivity contribution >= 4 is 17.5 Å². The van der Waals surface area contributed by atoms with E-state index >= 15 is 0 Å². The normalized spacial score (nSPS) is 10.2. The number of benzene rings is 1. The molecule has 7 nitrogen and oxygen atoms in total. The number of nitrogens with two attached hydrogens (primary N) is 1. The first-order chi connectivity index (χ1) is 9.58. The molecule has 0 spiro atoms. The van der Waals surface area contributed by atoms with E-state index in [2.05, 4.69) is 15.0 Å². The number of anilines is 1. The van der Waals surface area contributed by atoms with Crippen molar-refractivity contribution in [2.24, 2.45) is 0 Å². The van der Waals surface area contributed by atoms with Gasteiger partial charge in [0.15, 0.2) is 17.3 Å². The molecule has 0 amide bonds. The summed E-state index contributed by atoms with van der Waals surface area (Å²) in [6, 6.07) is 3.35. The van der Waals surface area contributed by atoms with Crippen molar-refractivity contribution in [1.82, 2.24) is 15.0 Å². The van der Waals surface area contributed by atoms with E-state index in [-0.39, 0.29) is 11.2 Å². The fourth-order valence-corrected chi connectivity index (χ4v) is 1.86. The molecule has 0 aliphatic heterocycles. The molecule has 8 heteroatoms. The molecule has 1 aromatic carbocycles. The monoisotopic (exact) mass is 296 g/mol. The average Bonchev–Trinajstić information content (AvgIpc) is 2.44. The van der Waals surface area contributed by atoms with E-state index in [0.29, 0.717) is 28.6 Å². The highest BCUT2D eigenvalue weighted by molar-refractivity contribution is 6.28. The van der Waals surface area contributed by atoms with Crippen molar-refractivity contribution in [3.63, 3.8) is 0 Å². The summed E-state index contributed by atoms with van der Waals surface area (Å²) in [5.41, 5.74) is 6.14. The Hall–Kier alpha value is -2.28. The molecule has 2 rings (SSSR count). The van der Waals surface area contributed by atoms with Gasteiger partial charge in [-0.2, -0.15) is 15.0 Å². The van der Waals surface area contributed by atoms with Gasteiger partial charge >= 0.3 is 0 Å². The molecule has 20 heavy (non-hydrogen) atoms. The smallest absolute Gasteiger partial charge is 0.227 e. The van der Waals surface area contributed by atoms with Crippen molar-refractivity contribution in [2.45, 2.75) is 0 Å². The van der Waals surface area contributed by atoms with Crippen LogP contribution >= 0.6 is 11.6 Å². The lowest BCUT2D eigenvalue weighted by molar-refractivity contribution is 0.349. The molecular weight excluding hydrogens is 284 g/mol. The van der Waals surface area contributed by atoms with Crippen molar-refractivity contribution in [1.29, 1.82) is 0 Å². The molecule has 2 N–H and O–H groups in total. The van der Waals surface area contributed by atoms with Gasteiger partial charge in [-0.05, 0) is 17.7 Å². The summed E-state index contributed by atoms with van der Waals surface area (Å²) in [7, 11) is 4.59. The molecule has 106 valence electrons. The van der Waals surface area contributed by atoms with E-state index in [1.807, 2.05) is 0 Å². The van der Waals surface area contributed by atoms with Gasteiger partial charge in [-0.15, -0.1) is 0 Å².